The Hall–Kier alpha value is -2.17. The van der Waals surface area contributed by atoms with Crippen LogP contribution in [0.4, 0.5) is 18.9 Å². The molecule has 180 valence electrons. The number of amides is 3. The number of alkyl halides is 3. The number of piperidine rings is 2. The van der Waals surface area contributed by atoms with Gasteiger partial charge in [-0.2, -0.15) is 13.2 Å². The highest BCUT2D eigenvalue weighted by atomic mass is 35.5. The predicted octanol–water partition coefficient (Wildman–Crippen LogP) is 2.80. The Kier molecular flexibility index (Phi) is 6.45. The molecule has 0 aliphatic carbocycles. The number of hydrogen-bond donors (Lipinski definition) is 1. The lowest BCUT2D eigenvalue weighted by atomic mass is 9.83. The Morgan fingerprint density at radius 2 is 1.70 bits per heavy atom. The average Bonchev–Trinajstić information content (AvgIpc) is 3.08. The molecule has 0 saturated carbocycles. The first-order valence-corrected chi connectivity index (χ1v) is 11.4. The molecule has 3 saturated heterocycles. The van der Waals surface area contributed by atoms with Crippen molar-refractivity contribution < 1.29 is 27.6 Å². The first-order chi connectivity index (χ1) is 15.5. The van der Waals surface area contributed by atoms with Crippen molar-refractivity contribution in [1.29, 1.82) is 0 Å². The van der Waals surface area contributed by atoms with Crippen LogP contribution in [-0.4, -0.2) is 65.3 Å². The van der Waals surface area contributed by atoms with Crippen molar-refractivity contribution in [2.45, 2.75) is 56.3 Å². The Balaban J connectivity index is 1.50. The summed E-state index contributed by atoms with van der Waals surface area (Å²) in [4.78, 5) is 43.0. The Labute approximate surface area is 194 Å². The van der Waals surface area contributed by atoms with E-state index in [1.54, 1.807) is 0 Å². The molecule has 11 heteroatoms. The molecule has 3 aliphatic heterocycles. The van der Waals surface area contributed by atoms with Crippen molar-refractivity contribution in [2.24, 2.45) is 5.73 Å². The van der Waals surface area contributed by atoms with E-state index in [2.05, 4.69) is 4.90 Å². The van der Waals surface area contributed by atoms with Crippen molar-refractivity contribution in [3.05, 3.63) is 28.8 Å². The standard InChI is InChI=1S/C22H26ClF3N4O3/c23-16-5-4-14(12-15(16)22(24,25)26)30-18(31)13-17(19(30)32)28-10-6-21(7-11-28,20(27)33)29-8-2-1-3-9-29/h4-5,12,17H,1-3,6-11,13H2,(H2,27,33). The number of halogens is 4. The second-order valence-electron chi connectivity index (χ2n) is 8.93. The summed E-state index contributed by atoms with van der Waals surface area (Å²) in [5.74, 6) is -1.51. The molecular formula is C22H26ClF3N4O3. The Morgan fingerprint density at radius 1 is 1.06 bits per heavy atom. The molecule has 7 nitrogen and oxygen atoms in total. The third-order valence-corrected chi connectivity index (χ3v) is 7.45. The third kappa shape index (κ3) is 4.36. The van der Waals surface area contributed by atoms with Gasteiger partial charge in [-0.25, -0.2) is 4.90 Å². The number of anilines is 1. The highest BCUT2D eigenvalue weighted by Gasteiger charge is 2.49. The summed E-state index contributed by atoms with van der Waals surface area (Å²) in [7, 11) is 0. The van der Waals surface area contributed by atoms with Crippen molar-refractivity contribution >= 4 is 35.0 Å². The fraction of sp³-hybridized carbons (Fsp3) is 0.591. The zero-order chi connectivity index (χ0) is 24.0. The first kappa shape index (κ1) is 24.0. The van der Waals surface area contributed by atoms with E-state index in [-0.39, 0.29) is 18.0 Å². The highest BCUT2D eigenvalue weighted by Crippen LogP contribution is 2.39. The molecule has 2 N–H and O–H groups in total. The maximum absolute atomic E-state index is 13.2. The van der Waals surface area contributed by atoms with Crippen molar-refractivity contribution in [3.63, 3.8) is 0 Å². The van der Waals surface area contributed by atoms with Gasteiger partial charge in [0.25, 0.3) is 5.91 Å². The molecule has 3 heterocycles. The number of carbonyl (C=O) groups is 3. The van der Waals surface area contributed by atoms with Gasteiger partial charge in [0.05, 0.1) is 28.7 Å². The highest BCUT2D eigenvalue weighted by molar-refractivity contribution is 6.31. The normalized spacial score (nSPS) is 25.0. The Morgan fingerprint density at radius 3 is 2.27 bits per heavy atom. The molecule has 3 fully saturated rings. The minimum Gasteiger partial charge on any atom is -0.368 e. The number of primary amides is 1. The summed E-state index contributed by atoms with van der Waals surface area (Å²) in [5, 5.41) is -0.501. The summed E-state index contributed by atoms with van der Waals surface area (Å²) in [6.07, 6.45) is -0.825. The van der Waals surface area contributed by atoms with Gasteiger partial charge in [0.15, 0.2) is 0 Å². The van der Waals surface area contributed by atoms with Crippen LogP contribution in [0.15, 0.2) is 18.2 Å². The summed E-state index contributed by atoms with van der Waals surface area (Å²) in [5.41, 5.74) is 3.79. The van der Waals surface area contributed by atoms with Gasteiger partial charge < -0.3 is 5.73 Å². The van der Waals surface area contributed by atoms with E-state index in [0.29, 0.717) is 25.9 Å². The maximum atomic E-state index is 13.2. The summed E-state index contributed by atoms with van der Waals surface area (Å²) in [6.45, 7) is 2.39. The molecule has 0 radical (unpaired) electrons. The molecule has 0 aromatic heterocycles. The molecule has 4 rings (SSSR count). The molecular weight excluding hydrogens is 461 g/mol. The fourth-order valence-electron chi connectivity index (χ4n) is 5.29. The van der Waals surface area contributed by atoms with Crippen LogP contribution in [0.1, 0.15) is 44.1 Å². The molecule has 0 bridgehead atoms. The molecule has 3 aliphatic rings. The van der Waals surface area contributed by atoms with Crippen molar-refractivity contribution in [3.8, 4) is 0 Å². The molecule has 1 unspecified atom stereocenters. The molecule has 1 aromatic rings. The maximum Gasteiger partial charge on any atom is 0.417 e. The lowest BCUT2D eigenvalue weighted by Crippen LogP contribution is -2.64. The smallest absolute Gasteiger partial charge is 0.368 e. The molecule has 1 atom stereocenters. The van der Waals surface area contributed by atoms with Crippen molar-refractivity contribution in [1.82, 2.24) is 9.80 Å². The molecule has 33 heavy (non-hydrogen) atoms. The first-order valence-electron chi connectivity index (χ1n) is 11.1. The number of nitrogens with zero attached hydrogens (tertiary/aromatic N) is 3. The second-order valence-corrected chi connectivity index (χ2v) is 9.34. The fourth-order valence-corrected chi connectivity index (χ4v) is 5.51. The van der Waals surface area contributed by atoms with E-state index in [1.165, 1.54) is 6.07 Å². The number of rotatable bonds is 4. The van der Waals surface area contributed by atoms with Crippen LogP contribution < -0.4 is 10.6 Å². The van der Waals surface area contributed by atoms with Crippen LogP contribution in [0.25, 0.3) is 0 Å². The van der Waals surface area contributed by atoms with Gasteiger partial charge in [-0.05, 0) is 57.0 Å². The van der Waals surface area contributed by atoms with E-state index in [4.69, 9.17) is 17.3 Å². The minimum atomic E-state index is -4.71. The number of likely N-dealkylation sites (tertiary alicyclic amines) is 2. The van der Waals surface area contributed by atoms with Gasteiger partial charge in [-0.1, -0.05) is 18.0 Å². The predicted molar refractivity (Wildman–Crippen MR) is 116 cm³/mol. The summed E-state index contributed by atoms with van der Waals surface area (Å²) < 4.78 is 39.7. The zero-order valence-electron chi connectivity index (χ0n) is 18.0. The average molecular weight is 487 g/mol. The number of carbonyl (C=O) groups excluding carboxylic acids is 3. The van der Waals surface area contributed by atoms with E-state index in [0.717, 1.165) is 49.4 Å². The summed E-state index contributed by atoms with van der Waals surface area (Å²) in [6, 6.07) is 2.22. The van der Waals surface area contributed by atoms with Gasteiger partial charge in [0.2, 0.25) is 11.8 Å². The quantitative estimate of drug-likeness (QED) is 0.661. The van der Waals surface area contributed by atoms with Crippen LogP contribution in [0.2, 0.25) is 5.02 Å². The van der Waals surface area contributed by atoms with Gasteiger partial charge in [0.1, 0.15) is 5.54 Å². The Bertz CT molecular complexity index is 957. The van der Waals surface area contributed by atoms with Gasteiger partial charge in [-0.15, -0.1) is 0 Å². The SMILES string of the molecule is NC(=O)C1(N2CCCCC2)CCN(C2CC(=O)N(c3ccc(Cl)c(C(F)(F)F)c3)C2=O)CC1. The zero-order valence-corrected chi connectivity index (χ0v) is 18.8. The lowest BCUT2D eigenvalue weighted by molar-refractivity contribution is -0.138. The summed E-state index contributed by atoms with van der Waals surface area (Å²) >= 11 is 5.67. The molecule has 1 aromatic carbocycles. The van der Waals surface area contributed by atoms with E-state index in [1.807, 2.05) is 4.90 Å². The van der Waals surface area contributed by atoms with Crippen LogP contribution in [-0.2, 0) is 20.6 Å². The van der Waals surface area contributed by atoms with Gasteiger partial charge in [-0.3, -0.25) is 24.2 Å². The topological polar surface area (TPSA) is 87.0 Å². The lowest BCUT2D eigenvalue weighted by Gasteiger charge is -2.48. The molecule has 3 amide bonds. The minimum absolute atomic E-state index is 0.129. The number of nitrogens with two attached hydrogens (primary N) is 1. The number of imide groups is 1. The van der Waals surface area contributed by atoms with Crippen LogP contribution in [0.5, 0.6) is 0 Å². The van der Waals surface area contributed by atoms with Gasteiger partial charge >= 0.3 is 6.18 Å². The van der Waals surface area contributed by atoms with Gasteiger partial charge in [0, 0.05) is 13.1 Å². The van der Waals surface area contributed by atoms with Crippen LogP contribution >= 0.6 is 11.6 Å². The van der Waals surface area contributed by atoms with E-state index >= 15 is 0 Å². The van der Waals surface area contributed by atoms with Crippen LogP contribution in [0.3, 0.4) is 0 Å². The van der Waals surface area contributed by atoms with E-state index in [9.17, 15) is 27.6 Å². The third-order valence-electron chi connectivity index (χ3n) is 7.12. The molecule has 0 spiro atoms. The van der Waals surface area contributed by atoms with E-state index < -0.39 is 40.2 Å². The van der Waals surface area contributed by atoms with Crippen molar-refractivity contribution in [2.75, 3.05) is 31.1 Å². The number of hydrogen-bond acceptors (Lipinski definition) is 5. The monoisotopic (exact) mass is 486 g/mol. The largest absolute Gasteiger partial charge is 0.417 e. The number of benzene rings is 1. The second kappa shape index (κ2) is 8.88. The van der Waals surface area contributed by atoms with Crippen LogP contribution in [0, 0.1) is 0 Å².